The van der Waals surface area contributed by atoms with Crippen LogP contribution in [0.15, 0.2) is 52.3 Å². The van der Waals surface area contributed by atoms with Gasteiger partial charge in [0.05, 0.1) is 34.5 Å². The number of carbonyl (C=O) groups is 1. The van der Waals surface area contributed by atoms with Crippen molar-refractivity contribution < 1.29 is 28.4 Å². The molecule has 10 heteroatoms. The number of nitrogens with one attached hydrogen (secondary N) is 2. The molecule has 2 heterocycles. The monoisotopic (exact) mass is 478 g/mol. The predicted octanol–water partition coefficient (Wildman–Crippen LogP) is 4.08. The zero-order valence-electron chi connectivity index (χ0n) is 19.9. The van der Waals surface area contributed by atoms with Gasteiger partial charge in [0.1, 0.15) is 5.75 Å². The van der Waals surface area contributed by atoms with E-state index in [0.29, 0.717) is 47.3 Å². The number of hydrogen-bond donors (Lipinski definition) is 2. The molecule has 2 atom stereocenters. The lowest BCUT2D eigenvalue weighted by Crippen LogP contribution is -2.27. The summed E-state index contributed by atoms with van der Waals surface area (Å²) in [4.78, 5) is 13.7. The predicted molar refractivity (Wildman–Crippen MR) is 127 cm³/mol. The van der Waals surface area contributed by atoms with Gasteiger partial charge in [0.15, 0.2) is 17.3 Å². The van der Waals surface area contributed by atoms with Crippen molar-refractivity contribution in [2.75, 3.05) is 39.1 Å². The Morgan fingerprint density at radius 3 is 2.17 bits per heavy atom. The summed E-state index contributed by atoms with van der Waals surface area (Å²) in [6.07, 6.45) is 0.979. The third kappa shape index (κ3) is 4.01. The third-order valence-electron chi connectivity index (χ3n) is 6.44. The molecule has 0 radical (unpaired) electrons. The fraction of sp³-hybridized carbons (Fsp3) is 0.320. The van der Waals surface area contributed by atoms with E-state index in [9.17, 15) is 4.79 Å². The molecule has 5 rings (SSSR count). The first kappa shape index (κ1) is 22.6. The summed E-state index contributed by atoms with van der Waals surface area (Å²) in [5, 5.41) is 14.6. The van der Waals surface area contributed by atoms with Crippen molar-refractivity contribution in [2.45, 2.75) is 24.8 Å². The second-order valence-corrected chi connectivity index (χ2v) is 8.32. The Hall–Kier alpha value is -4.21. The van der Waals surface area contributed by atoms with E-state index in [2.05, 4.69) is 20.9 Å². The average Bonchev–Trinajstić information content (AvgIpc) is 3.26. The van der Waals surface area contributed by atoms with Gasteiger partial charge in [0.2, 0.25) is 17.4 Å². The van der Waals surface area contributed by atoms with Gasteiger partial charge in [-0.05, 0) is 58.0 Å². The number of carbonyl (C=O) groups excluding carboxylic acids is 1. The average molecular weight is 479 g/mol. The van der Waals surface area contributed by atoms with Crippen LogP contribution in [-0.4, -0.2) is 44.5 Å². The van der Waals surface area contributed by atoms with Crippen LogP contribution in [0.25, 0.3) is 0 Å². The van der Waals surface area contributed by atoms with Crippen molar-refractivity contribution in [3.63, 3.8) is 0 Å². The summed E-state index contributed by atoms with van der Waals surface area (Å²) in [5.41, 5.74) is 3.19. The van der Waals surface area contributed by atoms with Crippen LogP contribution in [0.1, 0.15) is 35.9 Å². The molecule has 2 aliphatic rings. The largest absolute Gasteiger partial charge is 0.497 e. The van der Waals surface area contributed by atoms with Crippen LogP contribution in [0.2, 0.25) is 0 Å². The highest BCUT2D eigenvalue weighted by molar-refractivity contribution is 6.01. The highest BCUT2D eigenvalue weighted by atomic mass is 16.6. The van der Waals surface area contributed by atoms with Gasteiger partial charge in [-0.3, -0.25) is 4.79 Å². The molecule has 35 heavy (non-hydrogen) atoms. The second kappa shape index (κ2) is 9.21. The van der Waals surface area contributed by atoms with Crippen LogP contribution in [-0.2, 0) is 4.79 Å². The van der Waals surface area contributed by atoms with Gasteiger partial charge in [0.25, 0.3) is 0 Å². The molecular formula is C25H26N4O6. The van der Waals surface area contributed by atoms with Crippen molar-refractivity contribution in [1.29, 1.82) is 0 Å². The maximum Gasteiger partial charge on any atom is 0.219 e. The quantitative estimate of drug-likeness (QED) is 0.537. The Bertz CT molecular complexity index is 1260. The van der Waals surface area contributed by atoms with Crippen LogP contribution >= 0.6 is 0 Å². The Morgan fingerprint density at radius 2 is 1.54 bits per heavy atom. The van der Waals surface area contributed by atoms with E-state index in [1.165, 1.54) is 0 Å². The van der Waals surface area contributed by atoms with Crippen molar-refractivity contribution in [2.24, 2.45) is 0 Å². The maximum absolute atomic E-state index is 13.7. The number of aromatic nitrogens is 2. The van der Waals surface area contributed by atoms with Crippen LogP contribution in [0.5, 0.6) is 23.0 Å². The molecule has 2 aromatic carbocycles. The van der Waals surface area contributed by atoms with E-state index in [1.54, 1.807) is 28.4 Å². The van der Waals surface area contributed by atoms with E-state index in [0.717, 1.165) is 22.6 Å². The Balaban J connectivity index is 1.60. The summed E-state index contributed by atoms with van der Waals surface area (Å²) in [7, 11) is 6.29. The van der Waals surface area contributed by atoms with E-state index in [-0.39, 0.29) is 11.7 Å². The molecule has 0 spiro atoms. The lowest BCUT2D eigenvalue weighted by Gasteiger charge is -2.30. The van der Waals surface area contributed by atoms with Crippen LogP contribution in [0.3, 0.4) is 0 Å². The standard InChI is InChI=1S/C25H26N4O6/c1-31-16-7-5-13(6-8-16)14-9-17-21(18(30)10-14)22(27-25-24(26-17)28-35-29-25)15-11-19(32-2)23(34-4)20(12-15)33-3/h5-8,11-12,14,22H,9-10H2,1-4H3,(H,26,28)(H,27,29)/t14-,22+/m1/s1. The minimum absolute atomic E-state index is 0.00153. The summed E-state index contributed by atoms with van der Waals surface area (Å²) >= 11 is 0. The van der Waals surface area contributed by atoms with E-state index < -0.39 is 6.04 Å². The molecule has 0 saturated carbocycles. The number of hydrogen-bond acceptors (Lipinski definition) is 10. The lowest BCUT2D eigenvalue weighted by atomic mass is 9.78. The van der Waals surface area contributed by atoms with Gasteiger partial charge in [0, 0.05) is 17.7 Å². The number of rotatable bonds is 6. The van der Waals surface area contributed by atoms with Crippen molar-refractivity contribution in [3.8, 4) is 23.0 Å². The normalized spacial score (nSPS) is 19.0. The topological polar surface area (TPSA) is 117 Å². The number of ketones is 1. The summed E-state index contributed by atoms with van der Waals surface area (Å²) in [6.45, 7) is 0. The number of fused-ring (bicyclic) bond motifs is 1. The zero-order chi connectivity index (χ0) is 24.5. The molecule has 182 valence electrons. The zero-order valence-corrected chi connectivity index (χ0v) is 19.9. The number of allylic oxidation sites excluding steroid dienone is 1. The molecule has 10 nitrogen and oxygen atoms in total. The van der Waals surface area contributed by atoms with Gasteiger partial charge in [-0.25, -0.2) is 4.63 Å². The van der Waals surface area contributed by atoms with Gasteiger partial charge in [-0.1, -0.05) is 12.1 Å². The fourth-order valence-electron chi connectivity index (χ4n) is 4.73. The molecule has 1 aliphatic heterocycles. The van der Waals surface area contributed by atoms with Crippen molar-refractivity contribution in [3.05, 3.63) is 58.8 Å². The molecule has 1 aliphatic carbocycles. The molecule has 0 amide bonds. The van der Waals surface area contributed by atoms with Gasteiger partial charge in [-0.2, -0.15) is 0 Å². The third-order valence-corrected chi connectivity index (χ3v) is 6.44. The molecule has 1 aromatic heterocycles. The van der Waals surface area contributed by atoms with Crippen LogP contribution in [0.4, 0.5) is 11.6 Å². The summed E-state index contributed by atoms with van der Waals surface area (Å²) in [6, 6.07) is 10.9. The first-order chi connectivity index (χ1) is 17.1. The highest BCUT2D eigenvalue weighted by Crippen LogP contribution is 2.46. The summed E-state index contributed by atoms with van der Waals surface area (Å²) in [5.74, 6) is 3.07. The van der Waals surface area contributed by atoms with Gasteiger partial charge < -0.3 is 29.6 Å². The van der Waals surface area contributed by atoms with Crippen molar-refractivity contribution in [1.82, 2.24) is 10.3 Å². The Kier molecular flexibility index (Phi) is 5.94. The molecule has 0 fully saturated rings. The highest BCUT2D eigenvalue weighted by Gasteiger charge is 2.38. The smallest absolute Gasteiger partial charge is 0.219 e. The van der Waals surface area contributed by atoms with Gasteiger partial charge in [-0.15, -0.1) is 0 Å². The van der Waals surface area contributed by atoms with E-state index in [1.807, 2.05) is 36.4 Å². The number of nitrogens with zero attached hydrogens (tertiary/aromatic N) is 2. The second-order valence-electron chi connectivity index (χ2n) is 8.32. The molecule has 0 bridgehead atoms. The van der Waals surface area contributed by atoms with E-state index >= 15 is 0 Å². The summed E-state index contributed by atoms with van der Waals surface area (Å²) < 4.78 is 26.8. The first-order valence-electron chi connectivity index (χ1n) is 11.1. The van der Waals surface area contributed by atoms with E-state index in [4.69, 9.17) is 23.6 Å². The lowest BCUT2D eigenvalue weighted by molar-refractivity contribution is -0.116. The Labute approximate surface area is 202 Å². The number of methoxy groups -OCH3 is 4. The Morgan fingerprint density at radius 1 is 0.857 bits per heavy atom. The number of anilines is 2. The van der Waals surface area contributed by atoms with Gasteiger partial charge >= 0.3 is 0 Å². The minimum Gasteiger partial charge on any atom is -0.497 e. The number of ether oxygens (including phenoxy) is 4. The maximum atomic E-state index is 13.7. The SMILES string of the molecule is COc1ccc([C@H]2CC(=O)C3=C(C2)Nc2nonc2N[C@H]3c2cc(OC)c(OC)c(OC)c2)cc1. The van der Waals surface area contributed by atoms with Crippen LogP contribution in [0, 0.1) is 0 Å². The first-order valence-corrected chi connectivity index (χ1v) is 11.1. The molecule has 2 N–H and O–H groups in total. The molecule has 0 saturated heterocycles. The molecule has 0 unspecified atom stereocenters. The molecular weight excluding hydrogens is 452 g/mol. The number of benzene rings is 2. The number of Topliss-reactive ketones (excluding diaryl/α,β-unsaturated/α-hetero) is 1. The van der Waals surface area contributed by atoms with Crippen LogP contribution < -0.4 is 29.6 Å². The van der Waals surface area contributed by atoms with Crippen molar-refractivity contribution >= 4 is 17.4 Å². The molecule has 3 aromatic rings. The fourth-order valence-corrected chi connectivity index (χ4v) is 4.73. The minimum atomic E-state index is -0.538.